The van der Waals surface area contributed by atoms with Gasteiger partial charge in [-0.3, -0.25) is 9.69 Å². The van der Waals surface area contributed by atoms with Gasteiger partial charge in [0, 0.05) is 12.0 Å². The minimum atomic E-state index is -1.04. The molecule has 2 unspecified atom stereocenters. The molecule has 0 spiro atoms. The van der Waals surface area contributed by atoms with E-state index in [0.29, 0.717) is 12.3 Å². The molecule has 2 aliphatic rings. The minimum Gasteiger partial charge on any atom is -0.372 e. The Hall–Kier alpha value is -2.25. The van der Waals surface area contributed by atoms with Crippen molar-refractivity contribution in [1.82, 2.24) is 15.2 Å². The van der Waals surface area contributed by atoms with Crippen LogP contribution in [0.5, 0.6) is 0 Å². The molecule has 2 atom stereocenters. The van der Waals surface area contributed by atoms with Crippen LogP contribution < -0.4 is 5.32 Å². The van der Waals surface area contributed by atoms with Crippen molar-refractivity contribution in [2.24, 2.45) is 0 Å². The summed E-state index contributed by atoms with van der Waals surface area (Å²) in [6.07, 6.45) is 3.17. The van der Waals surface area contributed by atoms with E-state index in [1.165, 1.54) is 27.4 Å². The summed E-state index contributed by atoms with van der Waals surface area (Å²) in [6, 6.07) is 5.76. The number of hydrogen-bond acceptors (Lipinski definition) is 5. The van der Waals surface area contributed by atoms with Crippen LogP contribution in [-0.4, -0.2) is 28.4 Å². The molecule has 1 aliphatic heterocycles. The van der Waals surface area contributed by atoms with Crippen molar-refractivity contribution in [3.8, 4) is 0 Å². The normalized spacial score (nSPS) is 22.5. The summed E-state index contributed by atoms with van der Waals surface area (Å²) in [6.45, 7) is 6.46. The maximum absolute atomic E-state index is 13.2. The number of fused-ring (bicyclic) bond motifs is 1. The number of amides is 3. The number of urea groups is 1. The van der Waals surface area contributed by atoms with Gasteiger partial charge in [-0.15, -0.1) is 11.3 Å². The zero-order valence-corrected chi connectivity index (χ0v) is 17.3. The lowest BCUT2D eigenvalue weighted by Gasteiger charge is -2.23. The van der Waals surface area contributed by atoms with E-state index in [2.05, 4.69) is 22.4 Å². The Morgan fingerprint density at radius 1 is 1.32 bits per heavy atom. The lowest BCUT2D eigenvalue weighted by Crippen LogP contribution is -2.41. The summed E-state index contributed by atoms with van der Waals surface area (Å²) in [4.78, 5) is 31.6. The summed E-state index contributed by atoms with van der Waals surface area (Å²) >= 11 is 1.49. The second-order valence-electron chi connectivity index (χ2n) is 7.56. The van der Waals surface area contributed by atoms with E-state index in [4.69, 9.17) is 4.74 Å². The van der Waals surface area contributed by atoms with Gasteiger partial charge in [0.15, 0.2) is 0 Å². The SMILES string of the molecule is CCOC(C)c1nc(CN2C(=O)NC(C)(c3ccc4c(c3)CCC4)C2=O)cs1. The third-order valence-corrected chi connectivity index (χ3v) is 6.66. The van der Waals surface area contributed by atoms with Crippen LogP contribution >= 0.6 is 11.3 Å². The average Bonchev–Trinajstić information content (AvgIpc) is 3.37. The van der Waals surface area contributed by atoms with Gasteiger partial charge in [-0.25, -0.2) is 9.78 Å². The number of rotatable bonds is 6. The van der Waals surface area contributed by atoms with Gasteiger partial charge in [0.1, 0.15) is 16.7 Å². The number of thiazole rings is 1. The van der Waals surface area contributed by atoms with Crippen molar-refractivity contribution in [2.75, 3.05) is 6.61 Å². The highest BCUT2D eigenvalue weighted by Gasteiger charge is 2.49. The van der Waals surface area contributed by atoms with Gasteiger partial charge in [-0.2, -0.15) is 0 Å². The molecular weight excluding hydrogens is 374 g/mol. The molecule has 4 rings (SSSR count). The van der Waals surface area contributed by atoms with Crippen LogP contribution in [0.2, 0.25) is 0 Å². The van der Waals surface area contributed by atoms with Crippen molar-refractivity contribution < 1.29 is 14.3 Å². The highest BCUT2D eigenvalue weighted by atomic mass is 32.1. The van der Waals surface area contributed by atoms with E-state index < -0.39 is 5.54 Å². The Morgan fingerprint density at radius 2 is 2.11 bits per heavy atom. The van der Waals surface area contributed by atoms with Crippen LogP contribution in [0.1, 0.15) is 60.7 Å². The van der Waals surface area contributed by atoms with Gasteiger partial charge in [0.25, 0.3) is 5.91 Å². The van der Waals surface area contributed by atoms with Gasteiger partial charge in [-0.1, -0.05) is 18.2 Å². The van der Waals surface area contributed by atoms with Crippen molar-refractivity contribution in [3.63, 3.8) is 0 Å². The Balaban J connectivity index is 1.54. The van der Waals surface area contributed by atoms with Gasteiger partial charge in [0.05, 0.1) is 12.2 Å². The number of ether oxygens (including phenoxy) is 1. The zero-order valence-electron chi connectivity index (χ0n) is 16.4. The molecule has 1 aromatic carbocycles. The van der Waals surface area contributed by atoms with Crippen molar-refractivity contribution in [2.45, 2.75) is 58.2 Å². The molecule has 1 fully saturated rings. The Kier molecular flexibility index (Phi) is 4.97. The molecule has 7 heteroatoms. The Labute approximate surface area is 168 Å². The lowest BCUT2D eigenvalue weighted by molar-refractivity contribution is -0.131. The Bertz CT molecular complexity index is 925. The molecule has 2 heterocycles. The molecule has 0 saturated carbocycles. The predicted molar refractivity (Wildman–Crippen MR) is 107 cm³/mol. The molecule has 2 aromatic rings. The summed E-state index contributed by atoms with van der Waals surface area (Å²) < 4.78 is 5.57. The minimum absolute atomic E-state index is 0.0939. The van der Waals surface area contributed by atoms with Crippen molar-refractivity contribution in [3.05, 3.63) is 51.0 Å². The van der Waals surface area contributed by atoms with Crippen LogP contribution in [0.3, 0.4) is 0 Å². The number of imide groups is 1. The summed E-state index contributed by atoms with van der Waals surface area (Å²) in [5.74, 6) is -0.233. The summed E-state index contributed by atoms with van der Waals surface area (Å²) in [5, 5.41) is 5.63. The molecular formula is C21H25N3O3S. The van der Waals surface area contributed by atoms with Crippen LogP contribution in [0.25, 0.3) is 0 Å². The molecule has 148 valence electrons. The molecule has 1 aromatic heterocycles. The van der Waals surface area contributed by atoms with E-state index >= 15 is 0 Å². The van der Waals surface area contributed by atoms with Crippen molar-refractivity contribution >= 4 is 23.3 Å². The average molecular weight is 400 g/mol. The maximum Gasteiger partial charge on any atom is 0.325 e. The van der Waals surface area contributed by atoms with Gasteiger partial charge < -0.3 is 10.1 Å². The molecule has 0 radical (unpaired) electrons. The number of carbonyl (C=O) groups is 2. The largest absolute Gasteiger partial charge is 0.372 e. The van der Waals surface area contributed by atoms with Crippen molar-refractivity contribution in [1.29, 1.82) is 0 Å². The number of nitrogens with zero attached hydrogens (tertiary/aromatic N) is 2. The van der Waals surface area contributed by atoms with E-state index in [1.54, 1.807) is 6.92 Å². The fraction of sp³-hybridized carbons (Fsp3) is 0.476. The first-order valence-electron chi connectivity index (χ1n) is 9.74. The van der Waals surface area contributed by atoms with Gasteiger partial charge in [-0.05, 0) is 56.7 Å². The van der Waals surface area contributed by atoms with Crippen LogP contribution in [0.4, 0.5) is 4.79 Å². The highest BCUT2D eigenvalue weighted by Crippen LogP contribution is 2.33. The summed E-state index contributed by atoms with van der Waals surface area (Å²) in [7, 11) is 0. The maximum atomic E-state index is 13.2. The topological polar surface area (TPSA) is 71.5 Å². The second kappa shape index (κ2) is 7.29. The van der Waals surface area contributed by atoms with Gasteiger partial charge >= 0.3 is 6.03 Å². The first-order valence-corrected chi connectivity index (χ1v) is 10.6. The molecule has 6 nitrogen and oxygen atoms in total. The number of carbonyl (C=O) groups excluding carboxylic acids is 2. The number of nitrogens with one attached hydrogen (secondary N) is 1. The third-order valence-electron chi connectivity index (χ3n) is 5.60. The molecule has 3 amide bonds. The first kappa shape index (κ1) is 19.1. The smallest absolute Gasteiger partial charge is 0.325 e. The zero-order chi connectivity index (χ0) is 19.9. The number of hydrogen-bond donors (Lipinski definition) is 1. The van der Waals surface area contributed by atoms with E-state index in [-0.39, 0.29) is 24.6 Å². The van der Waals surface area contributed by atoms with Crippen LogP contribution in [0.15, 0.2) is 23.6 Å². The Morgan fingerprint density at radius 3 is 2.89 bits per heavy atom. The predicted octanol–water partition coefficient (Wildman–Crippen LogP) is 3.70. The van der Waals surface area contributed by atoms with Gasteiger partial charge in [0.2, 0.25) is 0 Å². The highest BCUT2D eigenvalue weighted by molar-refractivity contribution is 7.09. The monoisotopic (exact) mass is 399 g/mol. The second-order valence-corrected chi connectivity index (χ2v) is 8.45. The quantitative estimate of drug-likeness (QED) is 0.752. The molecule has 1 aliphatic carbocycles. The van der Waals surface area contributed by atoms with Crippen LogP contribution in [-0.2, 0) is 34.5 Å². The van der Waals surface area contributed by atoms with E-state index in [1.807, 2.05) is 25.3 Å². The van der Waals surface area contributed by atoms with E-state index in [9.17, 15) is 9.59 Å². The molecule has 1 N–H and O–H groups in total. The fourth-order valence-electron chi connectivity index (χ4n) is 3.98. The summed E-state index contributed by atoms with van der Waals surface area (Å²) in [5.41, 5.74) is 3.14. The fourth-order valence-corrected chi connectivity index (χ4v) is 4.80. The molecule has 1 saturated heterocycles. The number of aryl methyl sites for hydroxylation is 2. The van der Waals surface area contributed by atoms with E-state index in [0.717, 1.165) is 29.8 Å². The first-order chi connectivity index (χ1) is 13.4. The standard InChI is InChI=1S/C21H25N3O3S/c1-4-27-13(2)18-22-17(12-28-18)11-24-19(25)21(3,23-20(24)26)16-9-8-14-6-5-7-15(14)10-16/h8-10,12-13H,4-7,11H2,1-3H3,(H,23,26). The third kappa shape index (κ3) is 3.22. The lowest BCUT2D eigenvalue weighted by atomic mass is 9.89. The molecule has 28 heavy (non-hydrogen) atoms. The molecule has 0 bridgehead atoms. The number of aromatic nitrogens is 1. The number of benzene rings is 1. The van der Waals surface area contributed by atoms with Crippen LogP contribution in [0, 0.1) is 0 Å².